The number of carboxylic acids is 1. The number of aromatic nitrogens is 1. The highest BCUT2D eigenvalue weighted by molar-refractivity contribution is 5.86. The van der Waals surface area contributed by atoms with Gasteiger partial charge in [-0.2, -0.15) is 0 Å². The lowest BCUT2D eigenvalue weighted by Crippen LogP contribution is -2.42. The molecule has 0 saturated heterocycles. The van der Waals surface area contributed by atoms with Crippen molar-refractivity contribution >= 4 is 22.8 Å². The highest BCUT2D eigenvalue weighted by Gasteiger charge is 2.21. The van der Waals surface area contributed by atoms with Gasteiger partial charge in [-0.15, -0.1) is 0 Å². The third-order valence-corrected chi connectivity index (χ3v) is 3.10. The normalized spacial score (nSPS) is 11.1. The van der Waals surface area contributed by atoms with E-state index in [0.717, 1.165) is 16.5 Å². The summed E-state index contributed by atoms with van der Waals surface area (Å²) in [5, 5.41) is 12.7. The van der Waals surface area contributed by atoms with Crippen molar-refractivity contribution in [2.75, 3.05) is 6.54 Å². The summed E-state index contributed by atoms with van der Waals surface area (Å²) in [6.07, 6.45) is 2.13. The van der Waals surface area contributed by atoms with Crippen LogP contribution < -0.4 is 11.1 Å². The molecule has 0 unspecified atom stereocenters. The Labute approximate surface area is 126 Å². The van der Waals surface area contributed by atoms with E-state index in [4.69, 9.17) is 5.73 Å². The Kier molecular flexibility index (Phi) is 7.81. The van der Waals surface area contributed by atoms with Crippen molar-refractivity contribution in [3.8, 4) is 0 Å². The highest BCUT2D eigenvalue weighted by Crippen LogP contribution is 2.19. The van der Waals surface area contributed by atoms with Crippen LogP contribution in [0, 0.1) is 0 Å². The van der Waals surface area contributed by atoms with Crippen LogP contribution in [0.25, 0.3) is 10.9 Å². The van der Waals surface area contributed by atoms with Crippen LogP contribution >= 0.6 is 0 Å². The topological polar surface area (TPSA) is 171 Å². The van der Waals surface area contributed by atoms with Crippen LogP contribution in [0.3, 0.4) is 0 Å². The molecular formula is C14H21N3O5. The zero-order valence-electron chi connectivity index (χ0n) is 11.9. The fraction of sp³-hybridized carbons (Fsp3) is 0.286. The first kappa shape index (κ1) is 19.6. The van der Waals surface area contributed by atoms with Crippen LogP contribution in [-0.2, 0) is 16.0 Å². The van der Waals surface area contributed by atoms with Gasteiger partial charge in [-0.05, 0) is 11.6 Å². The van der Waals surface area contributed by atoms with Crippen molar-refractivity contribution in [1.82, 2.24) is 10.3 Å². The third kappa shape index (κ3) is 4.55. The fourth-order valence-corrected chi connectivity index (χ4v) is 2.12. The molecule has 1 amide bonds. The van der Waals surface area contributed by atoms with E-state index in [1.807, 2.05) is 24.3 Å². The van der Waals surface area contributed by atoms with Gasteiger partial charge in [-0.25, -0.2) is 4.79 Å². The molecule has 0 spiro atoms. The second kappa shape index (κ2) is 8.78. The Balaban J connectivity index is 0.00000220. The summed E-state index contributed by atoms with van der Waals surface area (Å²) in [5.74, 6) is -1.40. The van der Waals surface area contributed by atoms with Crippen molar-refractivity contribution in [2.45, 2.75) is 18.9 Å². The molecule has 22 heavy (non-hydrogen) atoms. The van der Waals surface area contributed by atoms with Crippen molar-refractivity contribution < 1.29 is 25.6 Å². The Morgan fingerprint density at radius 2 is 1.95 bits per heavy atom. The largest absolute Gasteiger partial charge is 0.480 e. The number of carbonyl (C=O) groups is 2. The van der Waals surface area contributed by atoms with Gasteiger partial charge in [0.25, 0.3) is 0 Å². The Hall–Kier alpha value is -2.42. The fourth-order valence-electron chi connectivity index (χ4n) is 2.12. The molecule has 0 aliphatic heterocycles. The first-order valence-electron chi connectivity index (χ1n) is 6.39. The van der Waals surface area contributed by atoms with E-state index in [1.54, 1.807) is 6.20 Å². The molecular weight excluding hydrogens is 290 g/mol. The maximum Gasteiger partial charge on any atom is 0.326 e. The molecule has 2 rings (SSSR count). The number of aliphatic carboxylic acids is 1. The van der Waals surface area contributed by atoms with Crippen LogP contribution in [-0.4, -0.2) is 45.5 Å². The van der Waals surface area contributed by atoms with Crippen LogP contribution in [0.2, 0.25) is 0 Å². The number of H-pyrrole nitrogens is 1. The molecule has 2 aromatic rings. The lowest BCUT2D eigenvalue weighted by atomic mass is 10.0. The third-order valence-electron chi connectivity index (χ3n) is 3.10. The number of carboxylic acid groups (broad SMARTS) is 1. The number of benzene rings is 1. The van der Waals surface area contributed by atoms with E-state index in [9.17, 15) is 14.7 Å². The van der Waals surface area contributed by atoms with E-state index in [1.165, 1.54) is 0 Å². The lowest BCUT2D eigenvalue weighted by molar-refractivity contribution is -0.141. The maximum absolute atomic E-state index is 11.5. The van der Waals surface area contributed by atoms with Gasteiger partial charge in [0.05, 0.1) is 0 Å². The number of nitrogens with two attached hydrogens (primary N) is 1. The number of carbonyl (C=O) groups excluding carboxylic acids is 1. The summed E-state index contributed by atoms with van der Waals surface area (Å²) in [6, 6.07) is 6.68. The molecule has 122 valence electrons. The standard InChI is InChI=1S/C14H17N3O3.2H2O/c15-6-5-13(18)17-12(14(19)20)7-9-8-16-11-4-2-1-3-10(9)11;;/h1-4,8,12,16H,5-7,15H2,(H,17,18)(H,19,20);2*1H2/t12-;;/m0../s1. The summed E-state index contributed by atoms with van der Waals surface area (Å²) < 4.78 is 0. The minimum Gasteiger partial charge on any atom is -0.480 e. The van der Waals surface area contributed by atoms with E-state index in [-0.39, 0.29) is 36.2 Å². The molecule has 0 aliphatic rings. The van der Waals surface area contributed by atoms with E-state index < -0.39 is 12.0 Å². The van der Waals surface area contributed by atoms with Crippen LogP contribution in [0.15, 0.2) is 30.5 Å². The number of para-hydroxylation sites is 1. The van der Waals surface area contributed by atoms with Gasteiger partial charge in [-0.1, -0.05) is 18.2 Å². The number of nitrogens with one attached hydrogen (secondary N) is 2. The summed E-state index contributed by atoms with van der Waals surface area (Å²) >= 11 is 0. The zero-order valence-corrected chi connectivity index (χ0v) is 11.9. The molecule has 0 fully saturated rings. The van der Waals surface area contributed by atoms with Gasteiger partial charge in [0.2, 0.25) is 5.91 Å². The monoisotopic (exact) mass is 311 g/mol. The van der Waals surface area contributed by atoms with Crippen molar-refractivity contribution in [1.29, 1.82) is 0 Å². The number of hydrogen-bond donors (Lipinski definition) is 4. The first-order valence-corrected chi connectivity index (χ1v) is 6.39. The average molecular weight is 311 g/mol. The molecule has 1 aromatic carbocycles. The molecule has 1 atom stereocenters. The molecule has 9 N–H and O–H groups in total. The number of rotatable bonds is 6. The van der Waals surface area contributed by atoms with Gasteiger partial charge in [0.15, 0.2) is 0 Å². The number of amides is 1. The van der Waals surface area contributed by atoms with Crippen LogP contribution in [0.4, 0.5) is 0 Å². The summed E-state index contributed by atoms with van der Waals surface area (Å²) in [7, 11) is 0. The summed E-state index contributed by atoms with van der Waals surface area (Å²) in [5.41, 5.74) is 7.08. The van der Waals surface area contributed by atoms with E-state index in [0.29, 0.717) is 0 Å². The molecule has 0 aliphatic carbocycles. The second-order valence-corrected chi connectivity index (χ2v) is 4.56. The quantitative estimate of drug-likeness (QED) is 0.535. The highest BCUT2D eigenvalue weighted by atomic mass is 16.4. The minimum absolute atomic E-state index is 0. The SMILES string of the molecule is NCCC(=O)N[C@@H](Cc1c[nH]c2ccccc12)C(=O)O.O.O. The number of aromatic amines is 1. The second-order valence-electron chi connectivity index (χ2n) is 4.56. The van der Waals surface area contributed by atoms with Gasteiger partial charge in [0, 0.05) is 36.5 Å². The smallest absolute Gasteiger partial charge is 0.326 e. The maximum atomic E-state index is 11.5. The van der Waals surface area contributed by atoms with Gasteiger partial charge in [-0.3, -0.25) is 4.79 Å². The Morgan fingerprint density at radius 3 is 2.59 bits per heavy atom. The first-order chi connectivity index (χ1) is 9.61. The van der Waals surface area contributed by atoms with Crippen LogP contribution in [0.5, 0.6) is 0 Å². The minimum atomic E-state index is -1.05. The average Bonchev–Trinajstić information content (AvgIpc) is 2.82. The molecule has 0 bridgehead atoms. The van der Waals surface area contributed by atoms with Crippen molar-refractivity contribution in [2.24, 2.45) is 5.73 Å². The van der Waals surface area contributed by atoms with Gasteiger partial charge < -0.3 is 32.1 Å². The molecule has 8 nitrogen and oxygen atoms in total. The molecule has 8 heteroatoms. The van der Waals surface area contributed by atoms with E-state index in [2.05, 4.69) is 10.3 Å². The van der Waals surface area contributed by atoms with E-state index >= 15 is 0 Å². The lowest BCUT2D eigenvalue weighted by Gasteiger charge is -2.13. The molecule has 1 aromatic heterocycles. The van der Waals surface area contributed by atoms with Crippen molar-refractivity contribution in [3.05, 3.63) is 36.0 Å². The predicted octanol–water partition coefficient (Wildman–Crippen LogP) is -1.02. The summed E-state index contributed by atoms with van der Waals surface area (Å²) in [6.45, 7) is 0.200. The Bertz CT molecular complexity index is 626. The molecule has 1 heterocycles. The Morgan fingerprint density at radius 1 is 1.27 bits per heavy atom. The van der Waals surface area contributed by atoms with Gasteiger partial charge >= 0.3 is 5.97 Å². The number of fused-ring (bicyclic) bond motifs is 1. The van der Waals surface area contributed by atoms with Crippen LogP contribution in [0.1, 0.15) is 12.0 Å². The predicted molar refractivity (Wildman–Crippen MR) is 82.5 cm³/mol. The number of hydrogen-bond acceptors (Lipinski definition) is 3. The molecule has 0 saturated carbocycles. The summed E-state index contributed by atoms with van der Waals surface area (Å²) in [4.78, 5) is 25.8. The van der Waals surface area contributed by atoms with Crippen molar-refractivity contribution in [3.63, 3.8) is 0 Å². The van der Waals surface area contributed by atoms with Gasteiger partial charge in [0.1, 0.15) is 6.04 Å². The zero-order chi connectivity index (χ0) is 14.5. The molecule has 0 radical (unpaired) electrons.